The maximum atomic E-state index is 3.75. The molecule has 0 unspecified atom stereocenters. The zero-order valence-corrected chi connectivity index (χ0v) is 7.88. The highest BCUT2D eigenvalue weighted by Gasteiger charge is 1.90. The summed E-state index contributed by atoms with van der Waals surface area (Å²) in [6.07, 6.45) is 3.55. The van der Waals surface area contributed by atoms with Gasteiger partial charge >= 0.3 is 0 Å². The summed E-state index contributed by atoms with van der Waals surface area (Å²) < 4.78 is 1.20. The highest BCUT2D eigenvalue weighted by atomic mass is 35.5. The van der Waals surface area contributed by atoms with Gasteiger partial charge in [0.2, 0.25) is 0 Å². The Morgan fingerprint density at radius 2 is 1.82 bits per heavy atom. The molecule has 0 aromatic carbocycles. The van der Waals surface area contributed by atoms with Gasteiger partial charge in [-0.25, -0.2) is 0 Å². The summed E-state index contributed by atoms with van der Waals surface area (Å²) >= 11 is 1.68. The van der Waals surface area contributed by atoms with Crippen molar-refractivity contribution in [1.29, 1.82) is 0 Å². The molecule has 0 atom stereocenters. The van der Waals surface area contributed by atoms with E-state index >= 15 is 0 Å². The molecular weight excluding hydrogens is 203 g/mol. The third-order valence-corrected chi connectivity index (χ3v) is 2.03. The molecule has 2 heterocycles. The van der Waals surface area contributed by atoms with Crippen LogP contribution in [0.15, 0.2) is 23.8 Å². The summed E-state index contributed by atoms with van der Waals surface area (Å²) in [6.45, 7) is 0. The first-order chi connectivity index (χ1) is 4.47. The lowest BCUT2D eigenvalue weighted by Gasteiger charge is -1.80. The first-order valence-corrected chi connectivity index (χ1v) is 3.49. The molecule has 0 spiro atoms. The van der Waals surface area contributed by atoms with E-state index in [2.05, 4.69) is 10.2 Å². The Balaban J connectivity index is 0.000000500. The quantitative estimate of drug-likeness (QED) is 0.666. The second kappa shape index (κ2) is 4.49. The van der Waals surface area contributed by atoms with Crippen molar-refractivity contribution in [2.75, 3.05) is 0 Å². The lowest BCUT2D eigenvalue weighted by Crippen LogP contribution is -1.73. The van der Waals surface area contributed by atoms with Crippen molar-refractivity contribution in [3.8, 4) is 0 Å². The predicted molar refractivity (Wildman–Crippen MR) is 51.9 cm³/mol. The van der Waals surface area contributed by atoms with Gasteiger partial charge < -0.3 is 0 Å². The molecule has 0 aliphatic rings. The Labute approximate surface area is 80.5 Å². The van der Waals surface area contributed by atoms with Crippen molar-refractivity contribution in [2.24, 2.45) is 0 Å². The first kappa shape index (κ1) is 10.6. The normalized spacial score (nSPS) is 8.36. The molecule has 11 heavy (non-hydrogen) atoms. The molecular formula is C6H6Cl2N2S. The van der Waals surface area contributed by atoms with E-state index in [0.717, 1.165) is 0 Å². The van der Waals surface area contributed by atoms with Gasteiger partial charge in [0.25, 0.3) is 0 Å². The molecule has 0 saturated heterocycles. The monoisotopic (exact) mass is 208 g/mol. The average molecular weight is 209 g/mol. The number of hydrogen-bond donors (Lipinski definition) is 0. The standard InChI is InChI=1S/C6H4N2S.2ClH/c1-2-9-6-4-8-7-3-5(1)6;;/h1-4H;2*1H. The second-order valence-corrected chi connectivity index (χ2v) is 2.68. The van der Waals surface area contributed by atoms with Crippen LogP contribution in [0.1, 0.15) is 0 Å². The Morgan fingerprint density at radius 3 is 2.55 bits per heavy atom. The molecule has 5 heteroatoms. The molecule has 0 aliphatic carbocycles. The first-order valence-electron chi connectivity index (χ1n) is 2.61. The van der Waals surface area contributed by atoms with Crippen LogP contribution in [0, 0.1) is 0 Å². The summed E-state index contributed by atoms with van der Waals surface area (Å²) in [6, 6.07) is 2.04. The van der Waals surface area contributed by atoms with E-state index < -0.39 is 0 Å². The molecule has 2 aromatic heterocycles. The van der Waals surface area contributed by atoms with Crippen molar-refractivity contribution in [1.82, 2.24) is 10.2 Å². The second-order valence-electron chi connectivity index (χ2n) is 1.73. The van der Waals surface area contributed by atoms with Gasteiger partial charge in [-0.15, -0.1) is 36.2 Å². The fourth-order valence-corrected chi connectivity index (χ4v) is 1.45. The van der Waals surface area contributed by atoms with Crippen LogP contribution in [0.3, 0.4) is 0 Å². The van der Waals surface area contributed by atoms with E-state index in [9.17, 15) is 0 Å². The zero-order valence-electron chi connectivity index (χ0n) is 5.43. The Kier molecular flexibility index (Phi) is 4.33. The van der Waals surface area contributed by atoms with Crippen LogP contribution < -0.4 is 0 Å². The van der Waals surface area contributed by atoms with Gasteiger partial charge in [0.1, 0.15) is 0 Å². The highest BCUT2D eigenvalue weighted by molar-refractivity contribution is 7.17. The van der Waals surface area contributed by atoms with Gasteiger partial charge in [-0.1, -0.05) is 0 Å². The number of fused-ring (bicyclic) bond motifs is 1. The average Bonchev–Trinajstić information content (AvgIpc) is 2.33. The topological polar surface area (TPSA) is 25.8 Å². The minimum atomic E-state index is 0. The number of nitrogens with zero attached hydrogens (tertiary/aromatic N) is 2. The molecule has 60 valence electrons. The number of halogens is 2. The smallest absolute Gasteiger partial charge is 0.0674 e. The third-order valence-electron chi connectivity index (χ3n) is 1.17. The van der Waals surface area contributed by atoms with Gasteiger partial charge in [-0.3, -0.25) is 0 Å². The van der Waals surface area contributed by atoms with E-state index in [1.165, 1.54) is 10.1 Å². The molecule has 0 fully saturated rings. The molecule has 2 aromatic rings. The molecule has 0 bridgehead atoms. The lowest BCUT2D eigenvalue weighted by atomic mass is 10.4. The van der Waals surface area contributed by atoms with Crippen molar-refractivity contribution in [3.05, 3.63) is 23.8 Å². The largest absolute Gasteiger partial charge is 0.158 e. The van der Waals surface area contributed by atoms with Crippen LogP contribution in [0.2, 0.25) is 0 Å². The fourth-order valence-electron chi connectivity index (χ4n) is 0.724. The van der Waals surface area contributed by atoms with Crippen molar-refractivity contribution < 1.29 is 0 Å². The van der Waals surface area contributed by atoms with Gasteiger partial charge in [0.05, 0.1) is 17.1 Å². The van der Waals surface area contributed by atoms with E-state index in [4.69, 9.17) is 0 Å². The van der Waals surface area contributed by atoms with Gasteiger partial charge in [0, 0.05) is 5.39 Å². The lowest BCUT2D eigenvalue weighted by molar-refractivity contribution is 1.05. The maximum Gasteiger partial charge on any atom is 0.0674 e. The molecule has 0 amide bonds. The minimum absolute atomic E-state index is 0. The molecule has 2 rings (SSSR count). The SMILES string of the molecule is Cl.Cl.c1cc2cnncc2s1. The predicted octanol–water partition coefficient (Wildman–Crippen LogP) is 2.53. The molecule has 2 nitrogen and oxygen atoms in total. The highest BCUT2D eigenvalue weighted by Crippen LogP contribution is 2.16. The Morgan fingerprint density at radius 1 is 1.09 bits per heavy atom. The summed E-state index contributed by atoms with van der Waals surface area (Å²) in [5.74, 6) is 0. The van der Waals surface area contributed by atoms with Crippen LogP contribution in [0.25, 0.3) is 10.1 Å². The minimum Gasteiger partial charge on any atom is -0.158 e. The summed E-state index contributed by atoms with van der Waals surface area (Å²) in [4.78, 5) is 0. The van der Waals surface area contributed by atoms with Gasteiger partial charge in [0.15, 0.2) is 0 Å². The van der Waals surface area contributed by atoms with Crippen LogP contribution in [-0.4, -0.2) is 10.2 Å². The summed E-state index contributed by atoms with van der Waals surface area (Å²) in [7, 11) is 0. The number of thiophene rings is 1. The molecule has 0 radical (unpaired) electrons. The van der Waals surface area contributed by atoms with Gasteiger partial charge in [-0.05, 0) is 11.4 Å². The summed E-state index contributed by atoms with van der Waals surface area (Å²) in [5.41, 5.74) is 0. The van der Waals surface area contributed by atoms with Crippen LogP contribution in [-0.2, 0) is 0 Å². The third kappa shape index (κ3) is 2.02. The Hall–Kier alpha value is -0.380. The van der Waals surface area contributed by atoms with Gasteiger partial charge in [-0.2, -0.15) is 10.2 Å². The maximum absolute atomic E-state index is 3.75. The van der Waals surface area contributed by atoms with Crippen molar-refractivity contribution >= 4 is 46.2 Å². The molecule has 0 N–H and O–H groups in total. The molecule has 0 aliphatic heterocycles. The fraction of sp³-hybridized carbons (Fsp3) is 0. The zero-order chi connectivity index (χ0) is 6.10. The summed E-state index contributed by atoms with van der Waals surface area (Å²) in [5, 5.41) is 10.7. The number of rotatable bonds is 0. The number of aromatic nitrogens is 2. The van der Waals surface area contributed by atoms with Crippen LogP contribution in [0.4, 0.5) is 0 Å². The Bertz CT molecular complexity index is 293. The van der Waals surface area contributed by atoms with Crippen molar-refractivity contribution in [2.45, 2.75) is 0 Å². The van der Waals surface area contributed by atoms with Crippen LogP contribution in [0.5, 0.6) is 0 Å². The van der Waals surface area contributed by atoms with E-state index in [-0.39, 0.29) is 24.8 Å². The van der Waals surface area contributed by atoms with E-state index in [1.54, 1.807) is 23.7 Å². The number of hydrogen-bond acceptors (Lipinski definition) is 3. The van der Waals surface area contributed by atoms with E-state index in [0.29, 0.717) is 0 Å². The van der Waals surface area contributed by atoms with Crippen molar-refractivity contribution in [3.63, 3.8) is 0 Å². The molecule has 0 saturated carbocycles. The van der Waals surface area contributed by atoms with E-state index in [1.807, 2.05) is 11.4 Å². The van der Waals surface area contributed by atoms with Crippen LogP contribution >= 0.6 is 36.2 Å².